The Kier molecular flexibility index (Phi) is 7.41. The van der Waals surface area contributed by atoms with Crippen molar-refractivity contribution in [2.24, 2.45) is 0 Å². The van der Waals surface area contributed by atoms with E-state index in [-0.39, 0.29) is 0 Å². The van der Waals surface area contributed by atoms with Gasteiger partial charge in [-0.05, 0) is 0 Å². The SMILES string of the molecule is CCc1ccc2c(c1)[CH]([Zr](=[C](c1ccccc1)c1ccccc1)[CH]1C=Cc3c(C)ccc(C)c31)c1cc(CC)ccc1-2. The first-order valence-corrected chi connectivity index (χ1v) is 19.5. The van der Waals surface area contributed by atoms with Crippen LogP contribution in [0.3, 0.4) is 0 Å². The Morgan fingerprint density at radius 3 is 1.67 bits per heavy atom. The van der Waals surface area contributed by atoms with Crippen LogP contribution in [0.5, 0.6) is 0 Å². The van der Waals surface area contributed by atoms with Gasteiger partial charge in [0.25, 0.3) is 0 Å². The number of rotatable bonds is 6. The molecule has 0 N–H and O–H groups in total. The van der Waals surface area contributed by atoms with Gasteiger partial charge in [0.05, 0.1) is 0 Å². The van der Waals surface area contributed by atoms with Gasteiger partial charge in [0.1, 0.15) is 0 Å². The first-order valence-electron chi connectivity index (χ1n) is 15.5. The summed E-state index contributed by atoms with van der Waals surface area (Å²) in [5.74, 6) is 0. The van der Waals surface area contributed by atoms with Gasteiger partial charge >= 0.3 is 260 Å². The van der Waals surface area contributed by atoms with Crippen molar-refractivity contribution in [2.45, 2.75) is 47.8 Å². The van der Waals surface area contributed by atoms with Crippen molar-refractivity contribution in [3.8, 4) is 11.1 Å². The van der Waals surface area contributed by atoms with E-state index >= 15 is 0 Å². The third-order valence-electron chi connectivity index (χ3n) is 9.51. The Hall–Kier alpha value is -3.41. The molecule has 2 aliphatic carbocycles. The van der Waals surface area contributed by atoms with Gasteiger partial charge in [-0.1, -0.05) is 0 Å². The molecule has 42 heavy (non-hydrogen) atoms. The van der Waals surface area contributed by atoms with Crippen LogP contribution in [-0.4, -0.2) is 3.21 Å². The van der Waals surface area contributed by atoms with Gasteiger partial charge in [-0.25, -0.2) is 0 Å². The Bertz CT molecular complexity index is 1760. The van der Waals surface area contributed by atoms with Crippen molar-refractivity contribution in [3.63, 3.8) is 0 Å². The molecule has 0 nitrogen and oxygen atoms in total. The maximum atomic E-state index is 2.61. The molecule has 2 aliphatic rings. The molecule has 1 unspecified atom stereocenters. The summed E-state index contributed by atoms with van der Waals surface area (Å²) >= 11 is -2.78. The zero-order chi connectivity index (χ0) is 28.8. The van der Waals surface area contributed by atoms with Crippen molar-refractivity contribution in [1.29, 1.82) is 0 Å². The van der Waals surface area contributed by atoms with Gasteiger partial charge in [0, 0.05) is 0 Å². The maximum absolute atomic E-state index is 2.78. The van der Waals surface area contributed by atoms with Crippen LogP contribution in [0.4, 0.5) is 0 Å². The molecule has 0 aromatic heterocycles. The van der Waals surface area contributed by atoms with Gasteiger partial charge in [0.15, 0.2) is 0 Å². The van der Waals surface area contributed by atoms with Crippen LogP contribution >= 0.6 is 0 Å². The average Bonchev–Trinajstić information content (AvgIpc) is 3.62. The molecular formula is C41H38Zr. The zero-order valence-electron chi connectivity index (χ0n) is 25.1. The Balaban J connectivity index is 1.63. The fourth-order valence-electron chi connectivity index (χ4n) is 7.36. The van der Waals surface area contributed by atoms with Crippen molar-refractivity contribution < 1.29 is 21.3 Å². The number of benzene rings is 5. The second-order valence-electron chi connectivity index (χ2n) is 11.9. The quantitative estimate of drug-likeness (QED) is 0.177. The Morgan fingerprint density at radius 1 is 0.619 bits per heavy atom. The van der Waals surface area contributed by atoms with E-state index in [2.05, 4.69) is 149 Å². The summed E-state index contributed by atoms with van der Waals surface area (Å²) in [6.45, 7) is 9.21. The number of allylic oxidation sites excluding steroid dienone is 1. The van der Waals surface area contributed by atoms with Crippen LogP contribution < -0.4 is 0 Å². The minimum absolute atomic E-state index is 0.436. The standard InChI is InChI=1S/C17H17.C13H10.C11H11.Zr/c1-3-12-5-7-16-14(9-12)11-15-10-13(4-2)6-8-17(15)16;1-3-7-12(8-4-1)11-13-9-5-2-6-10-13;1-8-6-7-9(2)11-5-3-4-10(8)11;/h5-11H,3-4H2,1-2H3;1-10H;3-7H,1-2H3;. The van der Waals surface area contributed by atoms with Crippen LogP contribution in [0.25, 0.3) is 17.2 Å². The molecule has 0 bridgehead atoms. The third kappa shape index (κ3) is 4.58. The van der Waals surface area contributed by atoms with Gasteiger partial charge in [-0.3, -0.25) is 0 Å². The fraction of sp³-hybridized carbons (Fsp3) is 0.195. The predicted octanol–water partition coefficient (Wildman–Crippen LogP) is 10.2. The van der Waals surface area contributed by atoms with E-state index in [4.69, 9.17) is 0 Å². The third-order valence-corrected chi connectivity index (χ3v) is 18.2. The summed E-state index contributed by atoms with van der Waals surface area (Å²) in [6, 6.07) is 42.1. The normalized spacial score (nSPS) is 14.9. The van der Waals surface area contributed by atoms with E-state index < -0.39 is 21.3 Å². The van der Waals surface area contributed by atoms with Crippen molar-refractivity contribution in [2.75, 3.05) is 0 Å². The summed E-state index contributed by atoms with van der Waals surface area (Å²) in [4.78, 5) is 0. The molecule has 0 heterocycles. The van der Waals surface area contributed by atoms with Crippen LogP contribution in [0, 0.1) is 13.8 Å². The van der Waals surface area contributed by atoms with Crippen molar-refractivity contribution in [1.82, 2.24) is 0 Å². The molecule has 1 atom stereocenters. The predicted molar refractivity (Wildman–Crippen MR) is 176 cm³/mol. The van der Waals surface area contributed by atoms with Gasteiger partial charge in [-0.15, -0.1) is 0 Å². The molecule has 0 radical (unpaired) electrons. The first kappa shape index (κ1) is 27.4. The molecule has 0 saturated carbocycles. The van der Waals surface area contributed by atoms with Gasteiger partial charge in [-0.2, -0.15) is 0 Å². The summed E-state index contributed by atoms with van der Waals surface area (Å²) in [7, 11) is 0. The summed E-state index contributed by atoms with van der Waals surface area (Å²) in [6.07, 6.45) is 7.19. The summed E-state index contributed by atoms with van der Waals surface area (Å²) < 4.78 is 2.53. The Labute approximate surface area is 258 Å². The molecule has 206 valence electrons. The summed E-state index contributed by atoms with van der Waals surface area (Å²) in [5.41, 5.74) is 17.6. The van der Waals surface area contributed by atoms with Gasteiger partial charge in [0.2, 0.25) is 0 Å². The number of hydrogen-bond donors (Lipinski definition) is 0. The van der Waals surface area contributed by atoms with E-state index in [9.17, 15) is 0 Å². The molecule has 0 amide bonds. The van der Waals surface area contributed by atoms with E-state index in [1.54, 1.807) is 19.9 Å². The molecule has 0 saturated heterocycles. The molecule has 5 aromatic rings. The fourth-order valence-corrected chi connectivity index (χ4v) is 17.4. The van der Waals surface area contributed by atoms with Crippen LogP contribution in [0.15, 0.2) is 115 Å². The molecular weight excluding hydrogens is 584 g/mol. The van der Waals surface area contributed by atoms with Crippen LogP contribution in [0.1, 0.15) is 76.7 Å². The second-order valence-corrected chi connectivity index (χ2v) is 18.3. The molecule has 0 fully saturated rings. The number of fused-ring (bicyclic) bond motifs is 4. The van der Waals surface area contributed by atoms with E-state index in [0.29, 0.717) is 7.25 Å². The van der Waals surface area contributed by atoms with Crippen molar-refractivity contribution in [3.05, 3.63) is 171 Å². The monoisotopic (exact) mass is 620 g/mol. The number of hydrogen-bond acceptors (Lipinski definition) is 0. The van der Waals surface area contributed by atoms with E-state index in [1.807, 2.05) is 0 Å². The second kappa shape index (κ2) is 11.4. The van der Waals surface area contributed by atoms with Crippen LogP contribution in [-0.2, 0) is 34.1 Å². The van der Waals surface area contributed by atoms with Gasteiger partial charge < -0.3 is 0 Å². The topological polar surface area (TPSA) is 0 Å². The first-order chi connectivity index (χ1) is 20.6. The van der Waals surface area contributed by atoms with Crippen LogP contribution in [0.2, 0.25) is 0 Å². The zero-order valence-corrected chi connectivity index (χ0v) is 27.6. The van der Waals surface area contributed by atoms with E-state index in [0.717, 1.165) is 12.8 Å². The summed E-state index contributed by atoms with van der Waals surface area (Å²) in [5, 5.41) is 0. The Morgan fingerprint density at radius 2 is 1.14 bits per heavy atom. The van der Waals surface area contributed by atoms with Crippen molar-refractivity contribution >= 4 is 9.28 Å². The molecule has 5 aromatic carbocycles. The molecule has 0 spiro atoms. The van der Waals surface area contributed by atoms with E-state index in [1.165, 1.54) is 50.1 Å². The number of aryl methyl sites for hydroxylation is 4. The molecule has 1 heteroatoms. The molecule has 0 aliphatic heterocycles. The minimum atomic E-state index is -2.78. The molecule has 7 rings (SSSR count). The average molecular weight is 622 g/mol.